The van der Waals surface area contributed by atoms with Crippen molar-refractivity contribution in [2.45, 2.75) is 52.7 Å². The highest BCUT2D eigenvalue weighted by atomic mass is 35.5. The lowest BCUT2D eigenvalue weighted by atomic mass is 10.1. The van der Waals surface area contributed by atoms with Crippen molar-refractivity contribution in [1.82, 2.24) is 10.2 Å². The van der Waals surface area contributed by atoms with Gasteiger partial charge >= 0.3 is 0 Å². The largest absolute Gasteiger partial charge is 0.454 e. The van der Waals surface area contributed by atoms with E-state index in [-0.39, 0.29) is 30.7 Å². The van der Waals surface area contributed by atoms with Crippen molar-refractivity contribution < 1.29 is 27.5 Å². The van der Waals surface area contributed by atoms with Crippen LogP contribution in [0, 0.1) is 0 Å². The van der Waals surface area contributed by atoms with Crippen molar-refractivity contribution in [3.8, 4) is 11.5 Å². The van der Waals surface area contributed by atoms with E-state index >= 15 is 0 Å². The fourth-order valence-electron chi connectivity index (χ4n) is 3.65. The Balaban J connectivity index is 1.95. The molecule has 2 amide bonds. The van der Waals surface area contributed by atoms with Gasteiger partial charge in [0, 0.05) is 23.2 Å². The van der Waals surface area contributed by atoms with Gasteiger partial charge in [-0.05, 0) is 64.4 Å². The van der Waals surface area contributed by atoms with Crippen molar-refractivity contribution >= 4 is 39.1 Å². The fourth-order valence-corrected chi connectivity index (χ4v) is 4.92. The van der Waals surface area contributed by atoms with Gasteiger partial charge in [-0.1, -0.05) is 23.7 Å². The summed E-state index contributed by atoms with van der Waals surface area (Å²) in [6.07, 6.45) is 0. The zero-order valence-corrected chi connectivity index (χ0v) is 22.6. The van der Waals surface area contributed by atoms with Crippen LogP contribution in [0.3, 0.4) is 0 Å². The summed E-state index contributed by atoms with van der Waals surface area (Å²) in [6, 6.07) is 10.8. The molecular weight excluding hydrogens is 506 g/mol. The lowest BCUT2D eigenvalue weighted by Crippen LogP contribution is -2.54. The van der Waals surface area contributed by atoms with Crippen LogP contribution >= 0.6 is 11.6 Å². The molecule has 0 spiro atoms. The third-order valence-electron chi connectivity index (χ3n) is 5.53. The van der Waals surface area contributed by atoms with Crippen LogP contribution in [-0.2, 0) is 26.2 Å². The molecule has 0 aromatic heterocycles. The van der Waals surface area contributed by atoms with E-state index in [2.05, 4.69) is 5.32 Å². The van der Waals surface area contributed by atoms with E-state index in [0.29, 0.717) is 22.1 Å². The highest BCUT2D eigenvalue weighted by molar-refractivity contribution is 7.92. The Kier molecular flexibility index (Phi) is 8.40. The third-order valence-corrected chi connectivity index (χ3v) is 7.51. The maximum atomic E-state index is 13.7. The molecule has 1 unspecified atom stereocenters. The van der Waals surface area contributed by atoms with Gasteiger partial charge in [0.1, 0.15) is 12.6 Å². The van der Waals surface area contributed by atoms with Crippen LogP contribution in [-0.4, -0.2) is 55.8 Å². The summed E-state index contributed by atoms with van der Waals surface area (Å²) in [7, 11) is -3.85. The number of carbonyl (C=O) groups is 2. The van der Waals surface area contributed by atoms with Gasteiger partial charge in [0.2, 0.25) is 28.6 Å². The summed E-state index contributed by atoms with van der Waals surface area (Å²) >= 11 is 6.13. The zero-order chi connectivity index (χ0) is 26.7. The first kappa shape index (κ1) is 27.6. The van der Waals surface area contributed by atoms with Crippen molar-refractivity contribution in [3.05, 3.63) is 53.1 Å². The number of halogens is 1. The SMILES string of the molecule is CCS(=O)(=O)N(CC(=O)N(Cc1cccc(Cl)c1)C(C)C(=O)NC(C)(C)C)c1ccc2c(c1)OCO2. The molecule has 1 atom stereocenters. The van der Waals surface area contributed by atoms with Crippen LogP contribution in [0.4, 0.5) is 5.69 Å². The zero-order valence-electron chi connectivity index (χ0n) is 21.1. The van der Waals surface area contributed by atoms with Crippen LogP contribution in [0.15, 0.2) is 42.5 Å². The van der Waals surface area contributed by atoms with Crippen LogP contribution < -0.4 is 19.1 Å². The predicted molar refractivity (Wildman–Crippen MR) is 139 cm³/mol. The second-order valence-corrected chi connectivity index (χ2v) is 12.1. The summed E-state index contributed by atoms with van der Waals surface area (Å²) in [5, 5.41) is 3.37. The summed E-state index contributed by atoms with van der Waals surface area (Å²) < 4.78 is 37.8. The fraction of sp³-hybridized carbons (Fsp3) is 0.440. The molecule has 0 saturated carbocycles. The molecule has 0 saturated heterocycles. The number of benzene rings is 2. The lowest BCUT2D eigenvalue weighted by molar-refractivity contribution is -0.140. The minimum absolute atomic E-state index is 0.0338. The molecule has 196 valence electrons. The second-order valence-electron chi connectivity index (χ2n) is 9.51. The van der Waals surface area contributed by atoms with E-state index in [1.165, 1.54) is 17.9 Å². The molecule has 1 aliphatic rings. The number of fused-ring (bicyclic) bond motifs is 1. The standard InChI is InChI=1S/C25H32ClN3O6S/c1-6-36(32,33)29(20-10-11-21-22(13-20)35-16-34-21)15-23(30)28(14-18-8-7-9-19(26)12-18)17(2)24(31)27-25(3,4)5/h7-13,17H,6,14-16H2,1-5H3,(H,27,31). The Hall–Kier alpha value is -2.98. The topological polar surface area (TPSA) is 105 Å². The third kappa shape index (κ3) is 6.82. The van der Waals surface area contributed by atoms with Gasteiger partial charge < -0.3 is 19.7 Å². The number of rotatable bonds is 9. The Morgan fingerprint density at radius 1 is 1.11 bits per heavy atom. The minimum Gasteiger partial charge on any atom is -0.454 e. The molecule has 2 aromatic rings. The molecule has 1 aliphatic heterocycles. The first-order chi connectivity index (χ1) is 16.8. The van der Waals surface area contributed by atoms with Crippen molar-refractivity contribution in [3.63, 3.8) is 0 Å². The molecule has 1 N–H and O–H groups in total. The van der Waals surface area contributed by atoms with Crippen LogP contribution in [0.1, 0.15) is 40.2 Å². The van der Waals surface area contributed by atoms with Gasteiger partial charge in [-0.2, -0.15) is 0 Å². The van der Waals surface area contributed by atoms with E-state index in [1.807, 2.05) is 20.8 Å². The van der Waals surface area contributed by atoms with E-state index < -0.39 is 34.1 Å². The maximum absolute atomic E-state index is 13.7. The number of hydrogen-bond acceptors (Lipinski definition) is 6. The number of nitrogens with one attached hydrogen (secondary N) is 1. The molecular formula is C25H32ClN3O6S. The molecule has 11 heteroatoms. The number of amides is 2. The number of nitrogens with zero attached hydrogens (tertiary/aromatic N) is 2. The van der Waals surface area contributed by atoms with E-state index in [4.69, 9.17) is 21.1 Å². The smallest absolute Gasteiger partial charge is 0.244 e. The molecule has 3 rings (SSSR count). The highest BCUT2D eigenvalue weighted by Gasteiger charge is 2.32. The Bertz CT molecular complexity index is 1230. The van der Waals surface area contributed by atoms with Gasteiger partial charge in [0.25, 0.3) is 0 Å². The van der Waals surface area contributed by atoms with Gasteiger partial charge in [0.15, 0.2) is 11.5 Å². The number of ether oxygens (including phenoxy) is 2. The second kappa shape index (κ2) is 11.0. The molecule has 0 aliphatic carbocycles. The molecule has 9 nitrogen and oxygen atoms in total. The monoisotopic (exact) mass is 537 g/mol. The molecule has 0 fully saturated rings. The quantitative estimate of drug-likeness (QED) is 0.524. The van der Waals surface area contributed by atoms with E-state index in [9.17, 15) is 18.0 Å². The van der Waals surface area contributed by atoms with Crippen LogP contribution in [0.5, 0.6) is 11.5 Å². The first-order valence-electron chi connectivity index (χ1n) is 11.6. The van der Waals surface area contributed by atoms with Gasteiger partial charge in [-0.15, -0.1) is 0 Å². The van der Waals surface area contributed by atoms with Crippen molar-refractivity contribution in [2.24, 2.45) is 0 Å². The number of hydrogen-bond donors (Lipinski definition) is 1. The summed E-state index contributed by atoms with van der Waals surface area (Å²) in [5.41, 5.74) is 0.461. The van der Waals surface area contributed by atoms with Crippen molar-refractivity contribution in [2.75, 3.05) is 23.4 Å². The average Bonchev–Trinajstić information content (AvgIpc) is 3.27. The summed E-state index contributed by atoms with van der Waals surface area (Å²) in [6.45, 7) is 8.25. The molecule has 0 bridgehead atoms. The van der Waals surface area contributed by atoms with Gasteiger partial charge in [-0.25, -0.2) is 8.42 Å². The Labute approximate surface area is 217 Å². The first-order valence-corrected chi connectivity index (χ1v) is 13.6. The molecule has 2 aromatic carbocycles. The van der Waals surface area contributed by atoms with E-state index in [1.54, 1.807) is 43.3 Å². The molecule has 1 heterocycles. The Morgan fingerprint density at radius 3 is 2.44 bits per heavy atom. The number of carbonyl (C=O) groups excluding carboxylic acids is 2. The highest BCUT2D eigenvalue weighted by Crippen LogP contribution is 2.36. The van der Waals surface area contributed by atoms with Crippen molar-refractivity contribution in [1.29, 1.82) is 0 Å². The van der Waals surface area contributed by atoms with Gasteiger partial charge in [0.05, 0.1) is 11.4 Å². The maximum Gasteiger partial charge on any atom is 0.244 e. The lowest BCUT2D eigenvalue weighted by Gasteiger charge is -2.33. The normalized spacial score (nSPS) is 13.7. The van der Waals surface area contributed by atoms with Gasteiger partial charge in [-0.3, -0.25) is 13.9 Å². The summed E-state index contributed by atoms with van der Waals surface area (Å²) in [4.78, 5) is 28.0. The average molecular weight is 538 g/mol. The summed E-state index contributed by atoms with van der Waals surface area (Å²) in [5.74, 6) is -0.227. The van der Waals surface area contributed by atoms with Crippen LogP contribution in [0.25, 0.3) is 0 Å². The molecule has 0 radical (unpaired) electrons. The van der Waals surface area contributed by atoms with Crippen LogP contribution in [0.2, 0.25) is 5.02 Å². The number of anilines is 1. The number of sulfonamides is 1. The predicted octanol–water partition coefficient (Wildman–Crippen LogP) is 3.56. The minimum atomic E-state index is -3.85. The molecule has 36 heavy (non-hydrogen) atoms. The van der Waals surface area contributed by atoms with E-state index in [0.717, 1.165) is 4.31 Å². The Morgan fingerprint density at radius 2 is 1.81 bits per heavy atom.